The van der Waals surface area contributed by atoms with Gasteiger partial charge in [-0.15, -0.1) is 0 Å². The number of para-hydroxylation sites is 1. The summed E-state index contributed by atoms with van der Waals surface area (Å²) >= 11 is 0. The molecule has 0 aliphatic carbocycles. The number of fused-ring (bicyclic) bond motifs is 2. The lowest BCUT2D eigenvalue weighted by atomic mass is 9.86. The van der Waals surface area contributed by atoms with Crippen LogP contribution in [0.2, 0.25) is 0 Å². The minimum atomic E-state index is -1.30. The number of carbonyl (C=O) groups excluding carboxylic acids is 2. The van der Waals surface area contributed by atoms with Gasteiger partial charge in [0.1, 0.15) is 23.7 Å². The summed E-state index contributed by atoms with van der Waals surface area (Å²) in [5.74, 6) is 1.02. The van der Waals surface area contributed by atoms with E-state index in [0.717, 1.165) is 12.8 Å². The molecule has 3 heterocycles. The van der Waals surface area contributed by atoms with Gasteiger partial charge in [0.05, 0.1) is 30.1 Å². The summed E-state index contributed by atoms with van der Waals surface area (Å²) in [6, 6.07) is 11.5. The average Bonchev–Trinajstić information content (AvgIpc) is 2.89. The third kappa shape index (κ3) is 4.49. The van der Waals surface area contributed by atoms with E-state index in [4.69, 9.17) is 20.2 Å². The number of nitrogens with one attached hydrogen (secondary N) is 1. The number of amides is 2. The third-order valence-corrected chi connectivity index (χ3v) is 8.14. The molecule has 5 rings (SSSR count). The summed E-state index contributed by atoms with van der Waals surface area (Å²) in [4.78, 5) is 33.3. The first kappa shape index (κ1) is 26.0. The topological polar surface area (TPSA) is 126 Å². The van der Waals surface area contributed by atoms with Gasteiger partial charge < -0.3 is 25.6 Å². The normalized spacial score (nSPS) is 27.8. The minimum Gasteiger partial charge on any atom is -0.490 e. The van der Waals surface area contributed by atoms with Crippen LogP contribution >= 0.6 is 0 Å². The predicted octanol–water partition coefficient (Wildman–Crippen LogP) is 3.62. The van der Waals surface area contributed by atoms with Crippen molar-refractivity contribution >= 4 is 17.8 Å². The SMILES string of the molecule is CCC1(CC)CC(=O)N(C2CC(C)Oc3ccc(C(=O)N[C@@H]4c5ccccc5OC[C@@]4(C)O)cc32)C(N)=N1. The molecule has 9 nitrogen and oxygen atoms in total. The Balaban J connectivity index is 1.47. The number of rotatable bonds is 5. The molecule has 3 aliphatic rings. The number of carbonyl (C=O) groups is 2. The summed E-state index contributed by atoms with van der Waals surface area (Å²) < 4.78 is 11.8. The molecule has 2 aromatic carbocycles. The second-order valence-corrected chi connectivity index (χ2v) is 10.9. The maximum Gasteiger partial charge on any atom is 0.251 e. The van der Waals surface area contributed by atoms with Crippen molar-refractivity contribution in [3.63, 3.8) is 0 Å². The van der Waals surface area contributed by atoms with Crippen LogP contribution in [0.25, 0.3) is 0 Å². The maximum atomic E-state index is 13.5. The van der Waals surface area contributed by atoms with Crippen molar-refractivity contribution in [2.45, 2.75) is 82.7 Å². The minimum absolute atomic E-state index is 0.0552. The number of hydrogen-bond acceptors (Lipinski definition) is 7. The summed E-state index contributed by atoms with van der Waals surface area (Å²) in [6.07, 6.45) is 2.13. The number of guanidine groups is 1. The molecule has 3 aliphatic heterocycles. The Hall–Kier alpha value is -3.59. The summed E-state index contributed by atoms with van der Waals surface area (Å²) in [5.41, 5.74) is 6.46. The van der Waals surface area contributed by atoms with Crippen molar-refractivity contribution in [1.29, 1.82) is 0 Å². The van der Waals surface area contributed by atoms with E-state index in [-0.39, 0.29) is 30.5 Å². The van der Waals surface area contributed by atoms with E-state index in [9.17, 15) is 14.7 Å². The van der Waals surface area contributed by atoms with Crippen LogP contribution in [-0.2, 0) is 4.79 Å². The molecular weight excluding hydrogens is 484 g/mol. The van der Waals surface area contributed by atoms with Gasteiger partial charge in [-0.1, -0.05) is 32.0 Å². The monoisotopic (exact) mass is 520 g/mol. The molecule has 4 atom stereocenters. The molecule has 202 valence electrons. The molecule has 0 bridgehead atoms. The van der Waals surface area contributed by atoms with Crippen LogP contribution in [0.15, 0.2) is 47.5 Å². The van der Waals surface area contributed by atoms with Crippen LogP contribution in [-0.4, -0.2) is 51.6 Å². The lowest BCUT2D eigenvalue weighted by Crippen LogP contribution is -2.53. The fourth-order valence-electron chi connectivity index (χ4n) is 5.77. The van der Waals surface area contributed by atoms with Crippen molar-refractivity contribution in [2.75, 3.05) is 6.61 Å². The van der Waals surface area contributed by atoms with Crippen LogP contribution in [0.1, 0.15) is 86.9 Å². The van der Waals surface area contributed by atoms with Crippen molar-refractivity contribution in [3.8, 4) is 11.5 Å². The van der Waals surface area contributed by atoms with Crippen molar-refractivity contribution in [1.82, 2.24) is 10.2 Å². The number of aliphatic hydroxyl groups is 1. The molecule has 0 radical (unpaired) electrons. The van der Waals surface area contributed by atoms with Gasteiger partial charge in [0.15, 0.2) is 5.96 Å². The molecule has 38 heavy (non-hydrogen) atoms. The fraction of sp³-hybridized carbons (Fsp3) is 0.483. The second-order valence-electron chi connectivity index (χ2n) is 10.9. The van der Waals surface area contributed by atoms with Crippen molar-refractivity contribution in [2.24, 2.45) is 10.7 Å². The molecule has 0 fully saturated rings. The van der Waals surface area contributed by atoms with Crippen molar-refractivity contribution in [3.05, 3.63) is 59.2 Å². The molecule has 0 saturated carbocycles. The number of nitrogens with zero attached hydrogens (tertiary/aromatic N) is 2. The van der Waals surface area contributed by atoms with E-state index in [0.29, 0.717) is 41.0 Å². The highest BCUT2D eigenvalue weighted by atomic mass is 16.5. The zero-order valence-corrected chi connectivity index (χ0v) is 22.4. The number of hydrogen-bond donors (Lipinski definition) is 3. The average molecular weight is 521 g/mol. The van der Waals surface area contributed by atoms with Crippen LogP contribution in [0.3, 0.4) is 0 Å². The lowest BCUT2D eigenvalue weighted by Gasteiger charge is -2.42. The molecule has 2 amide bonds. The number of nitrogens with two attached hydrogens (primary N) is 1. The first-order chi connectivity index (χ1) is 18.1. The van der Waals surface area contributed by atoms with Gasteiger partial charge in [-0.05, 0) is 51.0 Å². The van der Waals surface area contributed by atoms with E-state index < -0.39 is 23.2 Å². The van der Waals surface area contributed by atoms with Crippen LogP contribution < -0.4 is 20.5 Å². The number of benzene rings is 2. The van der Waals surface area contributed by atoms with Gasteiger partial charge in [0.25, 0.3) is 5.91 Å². The highest BCUT2D eigenvalue weighted by molar-refractivity contribution is 6.00. The van der Waals surface area contributed by atoms with Gasteiger partial charge in [0.2, 0.25) is 5.91 Å². The molecule has 0 aromatic heterocycles. The molecular formula is C29H36N4O5. The number of aliphatic imine (C=N–C) groups is 1. The molecule has 0 saturated heterocycles. The summed E-state index contributed by atoms with van der Waals surface area (Å²) in [6.45, 7) is 7.69. The zero-order valence-electron chi connectivity index (χ0n) is 22.4. The highest BCUT2D eigenvalue weighted by Gasteiger charge is 2.44. The maximum absolute atomic E-state index is 13.5. The van der Waals surface area contributed by atoms with E-state index in [2.05, 4.69) is 5.32 Å². The van der Waals surface area contributed by atoms with Crippen molar-refractivity contribution < 1.29 is 24.2 Å². The Morgan fingerprint density at radius 2 is 1.92 bits per heavy atom. The fourth-order valence-corrected chi connectivity index (χ4v) is 5.77. The van der Waals surface area contributed by atoms with E-state index in [1.54, 1.807) is 30.0 Å². The van der Waals surface area contributed by atoms with Gasteiger partial charge in [-0.3, -0.25) is 14.5 Å². The molecule has 4 N–H and O–H groups in total. The molecule has 2 unspecified atom stereocenters. The van der Waals surface area contributed by atoms with Crippen LogP contribution in [0.5, 0.6) is 11.5 Å². The van der Waals surface area contributed by atoms with Crippen LogP contribution in [0.4, 0.5) is 0 Å². The zero-order chi connectivity index (χ0) is 27.2. The first-order valence-electron chi connectivity index (χ1n) is 13.3. The Morgan fingerprint density at radius 1 is 1.18 bits per heavy atom. The smallest absolute Gasteiger partial charge is 0.251 e. The Bertz CT molecular complexity index is 1290. The number of ether oxygens (including phenoxy) is 2. The van der Waals surface area contributed by atoms with E-state index >= 15 is 0 Å². The first-order valence-corrected chi connectivity index (χ1v) is 13.3. The quantitative estimate of drug-likeness (QED) is 0.553. The Kier molecular flexibility index (Phi) is 6.59. The molecule has 9 heteroatoms. The predicted molar refractivity (Wildman–Crippen MR) is 143 cm³/mol. The Labute approximate surface area is 223 Å². The van der Waals surface area contributed by atoms with Gasteiger partial charge in [-0.2, -0.15) is 0 Å². The van der Waals surface area contributed by atoms with Gasteiger partial charge in [-0.25, -0.2) is 4.99 Å². The highest BCUT2D eigenvalue weighted by Crippen LogP contribution is 2.42. The summed E-state index contributed by atoms with van der Waals surface area (Å²) in [7, 11) is 0. The Morgan fingerprint density at radius 3 is 2.63 bits per heavy atom. The van der Waals surface area contributed by atoms with Gasteiger partial charge >= 0.3 is 0 Å². The summed E-state index contributed by atoms with van der Waals surface area (Å²) in [5, 5.41) is 14.0. The lowest BCUT2D eigenvalue weighted by molar-refractivity contribution is -0.132. The molecule has 0 spiro atoms. The van der Waals surface area contributed by atoms with E-state index in [1.165, 1.54) is 0 Å². The van der Waals surface area contributed by atoms with E-state index in [1.807, 2.05) is 45.0 Å². The largest absolute Gasteiger partial charge is 0.490 e. The second kappa shape index (κ2) is 9.62. The standard InChI is InChI=1S/C29H36N4O5/c1-5-29(6-2)15-24(34)33(27(30)32-29)21-13-17(3)38-23-12-11-18(14-20(21)23)26(35)31-25-19-9-7-8-10-22(19)37-16-28(25,4)36/h7-12,14,17,21,25,36H,5-6,13,15-16H2,1-4H3,(H2,30,32)(H,31,35)/t17?,21?,25-,28-/m1/s1. The van der Waals surface area contributed by atoms with Crippen LogP contribution in [0, 0.1) is 0 Å². The molecule has 2 aromatic rings. The van der Waals surface area contributed by atoms with Gasteiger partial charge in [0, 0.05) is 23.1 Å². The third-order valence-electron chi connectivity index (χ3n) is 8.14.